The van der Waals surface area contributed by atoms with E-state index in [1.807, 2.05) is 75.4 Å². The fraction of sp³-hybridized carbons (Fsp3) is 0.344. The number of nitrogens with zero attached hydrogens (tertiary/aromatic N) is 1. The van der Waals surface area contributed by atoms with E-state index in [4.69, 9.17) is 14.2 Å². The van der Waals surface area contributed by atoms with Crippen molar-refractivity contribution in [2.45, 2.75) is 40.0 Å². The van der Waals surface area contributed by atoms with Gasteiger partial charge in [0.1, 0.15) is 18.1 Å². The van der Waals surface area contributed by atoms with Crippen molar-refractivity contribution in [2.75, 3.05) is 26.2 Å². The van der Waals surface area contributed by atoms with E-state index < -0.39 is 5.41 Å². The maximum Gasteiger partial charge on any atom is 0.316 e. The molecule has 0 unspecified atom stereocenters. The summed E-state index contributed by atoms with van der Waals surface area (Å²) in [7, 11) is 0. The van der Waals surface area contributed by atoms with Crippen molar-refractivity contribution in [1.82, 2.24) is 4.90 Å². The third-order valence-corrected chi connectivity index (χ3v) is 7.81. The lowest BCUT2D eigenvalue weighted by Crippen LogP contribution is -2.33. The van der Waals surface area contributed by atoms with Gasteiger partial charge in [0.15, 0.2) is 11.5 Å². The van der Waals surface area contributed by atoms with Crippen molar-refractivity contribution in [3.63, 3.8) is 0 Å². The van der Waals surface area contributed by atoms with Crippen LogP contribution in [0.15, 0.2) is 72.8 Å². The second-order valence-corrected chi connectivity index (χ2v) is 11.9. The van der Waals surface area contributed by atoms with Gasteiger partial charge in [-0.05, 0) is 112 Å². The van der Waals surface area contributed by atoms with E-state index in [9.17, 15) is 4.79 Å². The molecule has 1 aromatic heterocycles. The lowest BCUT2D eigenvalue weighted by Gasteiger charge is -2.26. The summed E-state index contributed by atoms with van der Waals surface area (Å²) in [4.78, 5) is 16.3. The van der Waals surface area contributed by atoms with Gasteiger partial charge in [0.25, 0.3) is 0 Å². The molecule has 38 heavy (non-hydrogen) atoms. The van der Waals surface area contributed by atoms with Crippen LogP contribution in [0.3, 0.4) is 0 Å². The van der Waals surface area contributed by atoms with Crippen LogP contribution in [0.1, 0.15) is 40.0 Å². The first-order valence-corrected chi connectivity index (χ1v) is 14.2. The van der Waals surface area contributed by atoms with E-state index in [0.717, 1.165) is 22.7 Å². The van der Waals surface area contributed by atoms with Crippen LogP contribution in [0.5, 0.6) is 23.0 Å². The van der Waals surface area contributed by atoms with Crippen LogP contribution in [0.4, 0.5) is 0 Å². The van der Waals surface area contributed by atoms with Crippen molar-refractivity contribution < 1.29 is 19.0 Å². The van der Waals surface area contributed by atoms with Gasteiger partial charge in [-0.25, -0.2) is 0 Å². The number of esters is 1. The van der Waals surface area contributed by atoms with Crippen LogP contribution in [-0.4, -0.2) is 37.1 Å². The summed E-state index contributed by atoms with van der Waals surface area (Å²) in [5.74, 6) is 2.05. The molecule has 0 bridgehead atoms. The fourth-order valence-corrected chi connectivity index (χ4v) is 5.47. The number of piperidine rings is 1. The molecule has 0 aliphatic carbocycles. The van der Waals surface area contributed by atoms with Gasteiger partial charge in [-0.3, -0.25) is 9.69 Å². The molecule has 1 saturated heterocycles. The zero-order chi connectivity index (χ0) is 26.5. The summed E-state index contributed by atoms with van der Waals surface area (Å²) in [5.41, 5.74) is 0.378. The van der Waals surface area contributed by atoms with Crippen molar-refractivity contribution in [2.24, 2.45) is 5.41 Å². The number of carbonyl (C=O) groups excluding carboxylic acids is 1. The molecule has 5 nitrogen and oxygen atoms in total. The SMILES string of the molecule is CC(C)(C)C(=O)Oc1ccc(-c2cc3ccccc3s2)cc1Oc1ccc(OCCN2CCCCC2)cc1. The Balaban J connectivity index is 1.33. The Labute approximate surface area is 229 Å². The lowest BCUT2D eigenvalue weighted by atomic mass is 9.97. The predicted molar refractivity (Wildman–Crippen MR) is 155 cm³/mol. The molecule has 5 rings (SSSR count). The highest BCUT2D eigenvalue weighted by atomic mass is 32.1. The van der Waals surface area contributed by atoms with E-state index in [0.29, 0.717) is 23.9 Å². The summed E-state index contributed by atoms with van der Waals surface area (Å²) in [6, 6.07) is 23.9. The average Bonchev–Trinajstić information content (AvgIpc) is 3.35. The number of ether oxygens (including phenoxy) is 3. The second kappa shape index (κ2) is 11.6. The molecule has 2 heterocycles. The summed E-state index contributed by atoms with van der Waals surface area (Å²) in [6.45, 7) is 9.47. The average molecular weight is 530 g/mol. The predicted octanol–water partition coefficient (Wildman–Crippen LogP) is 8.18. The maximum absolute atomic E-state index is 12.7. The van der Waals surface area contributed by atoms with Gasteiger partial charge in [0.2, 0.25) is 0 Å². The number of thiophene rings is 1. The Bertz CT molecular complexity index is 1350. The lowest BCUT2D eigenvalue weighted by molar-refractivity contribution is -0.143. The van der Waals surface area contributed by atoms with Crippen LogP contribution >= 0.6 is 11.3 Å². The molecule has 4 aromatic rings. The molecule has 0 spiro atoms. The van der Waals surface area contributed by atoms with E-state index in [-0.39, 0.29) is 5.97 Å². The molecule has 3 aromatic carbocycles. The van der Waals surface area contributed by atoms with Gasteiger partial charge in [0, 0.05) is 16.1 Å². The number of hydrogen-bond donors (Lipinski definition) is 0. The van der Waals surface area contributed by atoms with Gasteiger partial charge in [-0.1, -0.05) is 24.6 Å². The van der Waals surface area contributed by atoms with Crippen LogP contribution in [0.25, 0.3) is 20.5 Å². The van der Waals surface area contributed by atoms with Crippen LogP contribution in [-0.2, 0) is 4.79 Å². The first-order valence-electron chi connectivity index (χ1n) is 13.3. The minimum absolute atomic E-state index is 0.311. The van der Waals surface area contributed by atoms with Gasteiger partial charge in [-0.15, -0.1) is 11.3 Å². The van der Waals surface area contributed by atoms with Crippen molar-refractivity contribution >= 4 is 27.4 Å². The topological polar surface area (TPSA) is 48.0 Å². The van der Waals surface area contributed by atoms with E-state index in [1.165, 1.54) is 42.4 Å². The number of likely N-dealkylation sites (tertiary alicyclic amines) is 1. The molecular formula is C32H35NO4S. The summed E-state index contributed by atoms with van der Waals surface area (Å²) in [5, 5.41) is 1.20. The van der Waals surface area contributed by atoms with Crippen LogP contribution in [0, 0.1) is 5.41 Å². The Kier molecular flexibility index (Phi) is 8.01. The van der Waals surface area contributed by atoms with Gasteiger partial charge in [-0.2, -0.15) is 0 Å². The van der Waals surface area contributed by atoms with E-state index in [2.05, 4.69) is 23.1 Å². The summed E-state index contributed by atoms with van der Waals surface area (Å²) in [6.07, 6.45) is 3.90. The number of fused-ring (bicyclic) bond motifs is 1. The van der Waals surface area contributed by atoms with Crippen molar-refractivity contribution in [1.29, 1.82) is 0 Å². The highest BCUT2D eigenvalue weighted by Gasteiger charge is 2.25. The second-order valence-electron chi connectivity index (χ2n) is 10.8. The zero-order valence-corrected chi connectivity index (χ0v) is 23.2. The Morgan fingerprint density at radius 2 is 1.61 bits per heavy atom. The molecule has 6 heteroatoms. The maximum atomic E-state index is 12.7. The fourth-order valence-electron chi connectivity index (χ4n) is 4.41. The largest absolute Gasteiger partial charge is 0.492 e. The molecule has 0 atom stereocenters. The number of carbonyl (C=O) groups is 1. The Hall–Kier alpha value is -3.35. The standard InChI is InChI=1S/C32H35NO4S/c1-32(2,3)31(34)37-27-16-11-24(30-22-23-9-5-6-10-29(23)38-30)21-28(27)36-26-14-12-25(13-15-26)35-20-19-33-17-7-4-8-18-33/h5-6,9-16,21-22H,4,7-8,17-20H2,1-3H3. The third-order valence-electron chi connectivity index (χ3n) is 6.65. The third kappa shape index (κ3) is 6.55. The monoisotopic (exact) mass is 529 g/mol. The van der Waals surface area contributed by atoms with Crippen LogP contribution in [0.2, 0.25) is 0 Å². The molecule has 198 valence electrons. The number of hydrogen-bond acceptors (Lipinski definition) is 6. The summed E-state index contributed by atoms with van der Waals surface area (Å²) < 4.78 is 19.2. The highest BCUT2D eigenvalue weighted by Crippen LogP contribution is 2.40. The van der Waals surface area contributed by atoms with Gasteiger partial charge >= 0.3 is 5.97 Å². The molecule has 1 aliphatic heterocycles. The Morgan fingerprint density at radius 1 is 0.868 bits per heavy atom. The molecule has 0 amide bonds. The normalized spacial score (nSPS) is 14.4. The molecule has 1 fully saturated rings. The zero-order valence-electron chi connectivity index (χ0n) is 22.4. The highest BCUT2D eigenvalue weighted by molar-refractivity contribution is 7.22. The number of rotatable bonds is 8. The number of benzene rings is 3. The van der Waals surface area contributed by atoms with E-state index in [1.54, 1.807) is 11.3 Å². The van der Waals surface area contributed by atoms with E-state index >= 15 is 0 Å². The molecule has 0 saturated carbocycles. The van der Waals surface area contributed by atoms with Crippen molar-refractivity contribution in [3.05, 3.63) is 72.8 Å². The van der Waals surface area contributed by atoms with Crippen molar-refractivity contribution in [3.8, 4) is 33.4 Å². The first-order chi connectivity index (χ1) is 18.3. The molecular weight excluding hydrogens is 494 g/mol. The molecule has 0 N–H and O–H groups in total. The van der Waals surface area contributed by atoms with Gasteiger partial charge < -0.3 is 14.2 Å². The van der Waals surface area contributed by atoms with Gasteiger partial charge in [0.05, 0.1) is 5.41 Å². The minimum atomic E-state index is -0.630. The smallest absolute Gasteiger partial charge is 0.316 e. The minimum Gasteiger partial charge on any atom is -0.492 e. The molecule has 1 aliphatic rings. The summed E-state index contributed by atoms with van der Waals surface area (Å²) >= 11 is 1.73. The Morgan fingerprint density at radius 3 is 2.34 bits per heavy atom. The quantitative estimate of drug-likeness (QED) is 0.170. The first kappa shape index (κ1) is 26.3. The van der Waals surface area contributed by atoms with Crippen LogP contribution < -0.4 is 14.2 Å². The molecule has 0 radical (unpaired) electrons.